The van der Waals surface area contributed by atoms with Gasteiger partial charge in [-0.05, 0) is 53.0 Å². The van der Waals surface area contributed by atoms with Crippen LogP contribution in [0.15, 0.2) is 18.2 Å². The maximum Gasteiger partial charge on any atom is 0.408 e. The van der Waals surface area contributed by atoms with Crippen LogP contribution < -0.4 is 16.4 Å². The van der Waals surface area contributed by atoms with Crippen LogP contribution in [0, 0.1) is 6.92 Å². The molecule has 214 valence electrons. The molecule has 4 amide bonds. The SMILES string of the molecule is CCCCCN(C(=O)C(CC(N)=O)NC(=O)OC(C)(C)C)C(C(=O)NC(C)CCC)c1cccc(C)c1O. The topological polar surface area (TPSA) is 151 Å². The van der Waals surface area contributed by atoms with E-state index in [2.05, 4.69) is 10.6 Å². The van der Waals surface area contributed by atoms with Gasteiger partial charge in [0.2, 0.25) is 17.7 Å². The average molecular weight is 535 g/mol. The van der Waals surface area contributed by atoms with Crippen LogP contribution >= 0.6 is 0 Å². The van der Waals surface area contributed by atoms with E-state index in [0.717, 1.165) is 25.7 Å². The van der Waals surface area contributed by atoms with Crippen molar-refractivity contribution in [3.05, 3.63) is 29.3 Å². The second-order valence-corrected chi connectivity index (χ2v) is 10.7. The zero-order valence-corrected chi connectivity index (χ0v) is 23.9. The Bertz CT molecular complexity index is 959. The number of ether oxygens (including phenoxy) is 1. The van der Waals surface area contributed by atoms with Gasteiger partial charge in [0.15, 0.2) is 0 Å². The van der Waals surface area contributed by atoms with Crippen molar-refractivity contribution in [1.82, 2.24) is 15.5 Å². The van der Waals surface area contributed by atoms with Gasteiger partial charge in [0, 0.05) is 18.2 Å². The molecule has 3 unspecified atom stereocenters. The molecule has 0 aliphatic heterocycles. The molecule has 0 fully saturated rings. The Morgan fingerprint density at radius 3 is 2.29 bits per heavy atom. The maximum atomic E-state index is 14.0. The lowest BCUT2D eigenvalue weighted by Crippen LogP contribution is -2.54. The third-order valence-corrected chi connectivity index (χ3v) is 5.91. The minimum atomic E-state index is -1.36. The van der Waals surface area contributed by atoms with Gasteiger partial charge < -0.3 is 31.1 Å². The van der Waals surface area contributed by atoms with Crippen LogP contribution in [0.5, 0.6) is 5.75 Å². The van der Waals surface area contributed by atoms with Crippen LogP contribution in [0.3, 0.4) is 0 Å². The van der Waals surface area contributed by atoms with Crippen LogP contribution in [-0.2, 0) is 19.1 Å². The van der Waals surface area contributed by atoms with Crippen LogP contribution in [0.4, 0.5) is 4.79 Å². The Morgan fingerprint density at radius 2 is 1.74 bits per heavy atom. The van der Waals surface area contributed by atoms with Gasteiger partial charge in [-0.3, -0.25) is 14.4 Å². The molecule has 0 radical (unpaired) electrons. The summed E-state index contributed by atoms with van der Waals surface area (Å²) in [5, 5.41) is 16.3. The number of aryl methyl sites for hydroxylation is 1. The standard InChI is InChI=1S/C28H46N4O6/c1-8-10-11-16-32(26(36)21(17-22(29)33)31-27(37)38-28(5,6)7)23(25(35)30-19(4)13-9-2)20-15-12-14-18(3)24(20)34/h12,14-15,19,21,23,34H,8-11,13,16-17H2,1-7H3,(H2,29,33)(H,30,35)(H,31,37). The molecule has 0 bridgehead atoms. The fraction of sp³-hybridized carbons (Fsp3) is 0.643. The van der Waals surface area contributed by atoms with Gasteiger partial charge in [0.1, 0.15) is 23.4 Å². The molecule has 38 heavy (non-hydrogen) atoms. The van der Waals surface area contributed by atoms with Crippen LogP contribution in [-0.4, -0.2) is 58.1 Å². The van der Waals surface area contributed by atoms with E-state index in [0.29, 0.717) is 12.0 Å². The van der Waals surface area contributed by atoms with Crippen molar-refractivity contribution in [2.24, 2.45) is 5.73 Å². The van der Waals surface area contributed by atoms with Crippen LogP contribution in [0.2, 0.25) is 0 Å². The number of primary amides is 1. The Labute approximate surface area is 226 Å². The highest BCUT2D eigenvalue weighted by atomic mass is 16.6. The monoisotopic (exact) mass is 534 g/mol. The number of carbonyl (C=O) groups is 4. The highest BCUT2D eigenvalue weighted by molar-refractivity contribution is 5.95. The molecular formula is C28H46N4O6. The molecule has 0 saturated carbocycles. The van der Waals surface area contributed by atoms with Gasteiger partial charge in [-0.1, -0.05) is 51.3 Å². The Balaban J connectivity index is 3.59. The molecule has 3 atom stereocenters. The number of nitrogens with zero attached hydrogens (tertiary/aromatic N) is 1. The summed E-state index contributed by atoms with van der Waals surface area (Å²) in [6, 6.07) is 2.27. The number of nitrogens with one attached hydrogen (secondary N) is 2. The summed E-state index contributed by atoms with van der Waals surface area (Å²) in [6.07, 6.45) is 2.42. The molecule has 5 N–H and O–H groups in total. The van der Waals surface area contributed by atoms with Crippen molar-refractivity contribution in [2.45, 2.75) is 111 Å². The van der Waals surface area contributed by atoms with E-state index in [1.165, 1.54) is 4.90 Å². The molecule has 1 aromatic rings. The number of phenols is 1. The number of benzene rings is 1. The molecule has 10 heteroatoms. The third-order valence-electron chi connectivity index (χ3n) is 5.91. The molecule has 0 heterocycles. The summed E-state index contributed by atoms with van der Waals surface area (Å²) in [5.41, 5.74) is 5.39. The van der Waals surface area contributed by atoms with E-state index in [1.54, 1.807) is 45.9 Å². The van der Waals surface area contributed by atoms with E-state index in [-0.39, 0.29) is 23.9 Å². The van der Waals surface area contributed by atoms with Crippen molar-refractivity contribution >= 4 is 23.8 Å². The molecule has 1 aromatic carbocycles. The fourth-order valence-electron chi connectivity index (χ4n) is 4.13. The second-order valence-electron chi connectivity index (χ2n) is 10.7. The number of amides is 4. The van der Waals surface area contributed by atoms with Gasteiger partial charge in [0.05, 0.1) is 6.42 Å². The van der Waals surface area contributed by atoms with Crippen molar-refractivity contribution in [3.63, 3.8) is 0 Å². The van der Waals surface area contributed by atoms with Crippen molar-refractivity contribution < 1.29 is 29.0 Å². The van der Waals surface area contributed by atoms with Gasteiger partial charge in [-0.15, -0.1) is 0 Å². The first-order valence-corrected chi connectivity index (χ1v) is 13.4. The summed E-state index contributed by atoms with van der Waals surface area (Å²) in [7, 11) is 0. The number of unbranched alkanes of at least 4 members (excludes halogenated alkanes) is 2. The van der Waals surface area contributed by atoms with Gasteiger partial charge in [-0.25, -0.2) is 4.79 Å². The summed E-state index contributed by atoms with van der Waals surface area (Å²) in [6.45, 7) is 12.8. The first-order valence-electron chi connectivity index (χ1n) is 13.4. The van der Waals surface area contributed by atoms with E-state index in [1.807, 2.05) is 20.8 Å². The summed E-state index contributed by atoms with van der Waals surface area (Å²) in [4.78, 5) is 53.5. The number of carbonyl (C=O) groups excluding carboxylic acids is 4. The van der Waals surface area contributed by atoms with Gasteiger partial charge in [-0.2, -0.15) is 0 Å². The highest BCUT2D eigenvalue weighted by Crippen LogP contribution is 2.33. The van der Waals surface area contributed by atoms with Crippen molar-refractivity contribution in [3.8, 4) is 5.75 Å². The van der Waals surface area contributed by atoms with Gasteiger partial charge >= 0.3 is 6.09 Å². The Hall–Kier alpha value is -3.30. The van der Waals surface area contributed by atoms with Crippen LogP contribution in [0.1, 0.15) is 97.2 Å². The summed E-state index contributed by atoms with van der Waals surface area (Å²) in [5.74, 6) is -2.04. The number of hydrogen-bond donors (Lipinski definition) is 4. The van der Waals surface area contributed by atoms with Crippen molar-refractivity contribution in [2.75, 3.05) is 6.54 Å². The highest BCUT2D eigenvalue weighted by Gasteiger charge is 2.38. The molecule has 0 spiro atoms. The van der Waals surface area contributed by atoms with Crippen LogP contribution in [0.25, 0.3) is 0 Å². The van der Waals surface area contributed by atoms with E-state index in [4.69, 9.17) is 10.5 Å². The molecule has 0 aliphatic carbocycles. The quantitative estimate of drug-likeness (QED) is 0.266. The maximum absolute atomic E-state index is 14.0. The smallest absolute Gasteiger partial charge is 0.408 e. The summed E-state index contributed by atoms with van der Waals surface area (Å²) >= 11 is 0. The molecule has 1 rings (SSSR count). The van der Waals surface area contributed by atoms with Gasteiger partial charge in [0.25, 0.3) is 0 Å². The minimum Gasteiger partial charge on any atom is -0.507 e. The van der Waals surface area contributed by atoms with E-state index < -0.39 is 47.9 Å². The number of alkyl carbamates (subject to hydrolysis) is 1. The second kappa shape index (κ2) is 15.2. The number of rotatable bonds is 14. The predicted molar refractivity (Wildman–Crippen MR) is 146 cm³/mol. The number of nitrogens with two attached hydrogens (primary N) is 1. The Morgan fingerprint density at radius 1 is 1.08 bits per heavy atom. The minimum absolute atomic E-state index is 0.101. The fourth-order valence-corrected chi connectivity index (χ4v) is 4.13. The Kier molecular flexibility index (Phi) is 13.1. The number of para-hydroxylation sites is 1. The first-order chi connectivity index (χ1) is 17.7. The lowest BCUT2D eigenvalue weighted by atomic mass is 9.98. The number of hydrogen-bond acceptors (Lipinski definition) is 6. The average Bonchev–Trinajstić information content (AvgIpc) is 2.78. The predicted octanol–water partition coefficient (Wildman–Crippen LogP) is 3.83. The number of aromatic hydroxyl groups is 1. The van der Waals surface area contributed by atoms with E-state index >= 15 is 0 Å². The normalized spacial score (nSPS) is 13.7. The lowest BCUT2D eigenvalue weighted by molar-refractivity contribution is -0.143. The molecule has 0 saturated heterocycles. The largest absolute Gasteiger partial charge is 0.507 e. The molecule has 0 aromatic heterocycles. The number of phenolic OH excluding ortho intramolecular Hbond substituents is 1. The van der Waals surface area contributed by atoms with Crippen molar-refractivity contribution in [1.29, 1.82) is 0 Å². The zero-order chi connectivity index (χ0) is 29.0. The lowest BCUT2D eigenvalue weighted by Gasteiger charge is -2.35. The first kappa shape index (κ1) is 32.7. The molecular weight excluding hydrogens is 488 g/mol. The molecule has 0 aliphatic rings. The zero-order valence-electron chi connectivity index (χ0n) is 23.9. The molecule has 10 nitrogen and oxygen atoms in total. The summed E-state index contributed by atoms with van der Waals surface area (Å²) < 4.78 is 5.29. The third kappa shape index (κ3) is 10.6. The van der Waals surface area contributed by atoms with E-state index in [9.17, 15) is 24.3 Å².